The quantitative estimate of drug-likeness (QED) is 0.598. The van der Waals surface area contributed by atoms with E-state index in [0.29, 0.717) is 11.5 Å². The smallest absolute Gasteiger partial charge is 0.177 e. The number of benzene rings is 2. The van der Waals surface area contributed by atoms with Gasteiger partial charge in [0, 0.05) is 10.8 Å². The first kappa shape index (κ1) is 9.97. The van der Waals surface area contributed by atoms with E-state index >= 15 is 0 Å². The first-order valence-electron chi connectivity index (χ1n) is 5.49. The monoisotopic (exact) mass is 224 g/mol. The van der Waals surface area contributed by atoms with Crippen molar-refractivity contribution in [3.8, 4) is 5.75 Å². The summed E-state index contributed by atoms with van der Waals surface area (Å²) in [6.07, 6.45) is 0. The van der Waals surface area contributed by atoms with Gasteiger partial charge in [-0.1, -0.05) is 36.9 Å². The van der Waals surface area contributed by atoms with Gasteiger partial charge in [-0.3, -0.25) is 0 Å². The average molecular weight is 224 g/mol. The molecule has 2 heteroatoms. The number of para-hydroxylation sites is 2. The van der Waals surface area contributed by atoms with Gasteiger partial charge in [0.25, 0.3) is 0 Å². The van der Waals surface area contributed by atoms with Gasteiger partial charge in [-0.15, -0.1) is 0 Å². The normalized spacial score (nSPS) is 10.9. The van der Waals surface area contributed by atoms with E-state index in [2.05, 4.69) is 6.58 Å². The Morgan fingerprint density at radius 3 is 2.65 bits per heavy atom. The van der Waals surface area contributed by atoms with Crippen LogP contribution in [0.4, 0.5) is 0 Å². The molecule has 2 aromatic carbocycles. The van der Waals surface area contributed by atoms with E-state index in [-0.39, 0.29) is 0 Å². The van der Waals surface area contributed by atoms with Crippen molar-refractivity contribution < 1.29 is 9.15 Å². The summed E-state index contributed by atoms with van der Waals surface area (Å²) >= 11 is 0. The average Bonchev–Trinajstić information content (AvgIpc) is 2.68. The van der Waals surface area contributed by atoms with E-state index in [1.165, 1.54) is 0 Å². The Labute approximate surface area is 99.1 Å². The molecular formula is C15H12O2. The van der Waals surface area contributed by atoms with Crippen molar-refractivity contribution in [2.45, 2.75) is 6.92 Å². The molecule has 2 nitrogen and oxygen atoms in total. The Balaban J connectivity index is 2.35. The van der Waals surface area contributed by atoms with E-state index in [9.17, 15) is 0 Å². The van der Waals surface area contributed by atoms with Crippen molar-refractivity contribution in [2.75, 3.05) is 0 Å². The molecule has 0 atom stereocenters. The zero-order valence-electron chi connectivity index (χ0n) is 9.57. The highest BCUT2D eigenvalue weighted by Crippen LogP contribution is 2.34. The molecule has 0 amide bonds. The molecule has 0 spiro atoms. The number of allylic oxidation sites excluding steroid dienone is 1. The number of rotatable bonds is 2. The van der Waals surface area contributed by atoms with Gasteiger partial charge < -0.3 is 9.15 Å². The minimum atomic E-state index is 0.651. The minimum Gasteiger partial charge on any atom is -0.459 e. The molecule has 0 bridgehead atoms. The molecule has 84 valence electrons. The Kier molecular flexibility index (Phi) is 2.15. The van der Waals surface area contributed by atoms with Crippen molar-refractivity contribution in [1.82, 2.24) is 0 Å². The fraction of sp³-hybridized carbons (Fsp3) is 0.0667. The standard InChI is InChI=1S/C15H12O2/c1-10(2)16-14-9-5-7-12-11-6-3-4-8-13(11)17-15(12)14/h3-9H,1H2,2H3. The summed E-state index contributed by atoms with van der Waals surface area (Å²) in [6, 6.07) is 13.9. The SMILES string of the molecule is C=C(C)Oc1cccc2c1oc1ccccc12. The third-order valence-electron chi connectivity index (χ3n) is 2.65. The van der Waals surface area contributed by atoms with E-state index < -0.39 is 0 Å². The zero-order valence-corrected chi connectivity index (χ0v) is 9.57. The molecular weight excluding hydrogens is 212 g/mol. The van der Waals surface area contributed by atoms with Gasteiger partial charge in [0.05, 0.1) is 5.76 Å². The summed E-state index contributed by atoms with van der Waals surface area (Å²) < 4.78 is 11.4. The lowest BCUT2D eigenvalue weighted by molar-refractivity contribution is 0.427. The number of ether oxygens (including phenoxy) is 1. The molecule has 0 saturated carbocycles. The van der Waals surface area contributed by atoms with Crippen LogP contribution in [0, 0.1) is 0 Å². The van der Waals surface area contributed by atoms with Crippen LogP contribution in [0.5, 0.6) is 5.75 Å². The lowest BCUT2D eigenvalue weighted by Crippen LogP contribution is -1.88. The molecule has 3 aromatic rings. The fourth-order valence-electron chi connectivity index (χ4n) is 1.99. The first-order chi connectivity index (χ1) is 8.25. The molecule has 0 fully saturated rings. The maximum atomic E-state index is 5.82. The van der Waals surface area contributed by atoms with Crippen LogP contribution < -0.4 is 4.74 Å². The molecule has 0 aliphatic heterocycles. The Hall–Kier alpha value is -2.22. The lowest BCUT2D eigenvalue weighted by atomic mass is 10.1. The summed E-state index contributed by atoms with van der Waals surface area (Å²) in [7, 11) is 0. The van der Waals surface area contributed by atoms with Crippen molar-refractivity contribution in [3.63, 3.8) is 0 Å². The van der Waals surface area contributed by atoms with Crippen LogP contribution in [0.25, 0.3) is 21.9 Å². The molecule has 0 aliphatic rings. The lowest BCUT2D eigenvalue weighted by Gasteiger charge is -2.03. The van der Waals surface area contributed by atoms with Gasteiger partial charge in [0.1, 0.15) is 5.58 Å². The summed E-state index contributed by atoms with van der Waals surface area (Å²) in [5.74, 6) is 1.36. The van der Waals surface area contributed by atoms with Crippen molar-refractivity contribution >= 4 is 21.9 Å². The van der Waals surface area contributed by atoms with E-state index in [4.69, 9.17) is 9.15 Å². The largest absolute Gasteiger partial charge is 0.459 e. The topological polar surface area (TPSA) is 22.4 Å². The Morgan fingerprint density at radius 2 is 1.82 bits per heavy atom. The van der Waals surface area contributed by atoms with Crippen molar-refractivity contribution in [3.05, 3.63) is 54.8 Å². The summed E-state index contributed by atoms with van der Waals surface area (Å²) in [5.41, 5.74) is 1.65. The zero-order chi connectivity index (χ0) is 11.8. The molecule has 0 unspecified atom stereocenters. The van der Waals surface area contributed by atoms with E-state index in [1.54, 1.807) is 0 Å². The highest BCUT2D eigenvalue weighted by Gasteiger charge is 2.10. The fourth-order valence-corrected chi connectivity index (χ4v) is 1.99. The van der Waals surface area contributed by atoms with Crippen molar-refractivity contribution in [1.29, 1.82) is 0 Å². The van der Waals surface area contributed by atoms with Crippen LogP contribution in [0.2, 0.25) is 0 Å². The predicted molar refractivity (Wildman–Crippen MR) is 69.2 cm³/mol. The molecule has 0 saturated heterocycles. The van der Waals surface area contributed by atoms with Crippen LogP contribution in [-0.2, 0) is 0 Å². The van der Waals surface area contributed by atoms with Crippen LogP contribution in [0.3, 0.4) is 0 Å². The van der Waals surface area contributed by atoms with E-state index in [0.717, 1.165) is 21.9 Å². The molecule has 17 heavy (non-hydrogen) atoms. The van der Waals surface area contributed by atoms with Gasteiger partial charge in [0.2, 0.25) is 0 Å². The highest BCUT2D eigenvalue weighted by atomic mass is 16.5. The van der Waals surface area contributed by atoms with E-state index in [1.807, 2.05) is 49.4 Å². The number of hydrogen-bond acceptors (Lipinski definition) is 2. The molecule has 0 aliphatic carbocycles. The van der Waals surface area contributed by atoms with Gasteiger partial charge in [-0.25, -0.2) is 0 Å². The van der Waals surface area contributed by atoms with Gasteiger partial charge in [-0.2, -0.15) is 0 Å². The highest BCUT2D eigenvalue weighted by molar-refractivity contribution is 6.06. The second-order valence-corrected chi connectivity index (χ2v) is 4.04. The number of furan rings is 1. The van der Waals surface area contributed by atoms with Crippen LogP contribution >= 0.6 is 0 Å². The van der Waals surface area contributed by atoms with Gasteiger partial charge in [-0.05, 0) is 19.1 Å². The van der Waals surface area contributed by atoms with Crippen molar-refractivity contribution in [2.24, 2.45) is 0 Å². The molecule has 0 N–H and O–H groups in total. The summed E-state index contributed by atoms with van der Waals surface area (Å²) in [4.78, 5) is 0. The van der Waals surface area contributed by atoms with Crippen LogP contribution in [0.15, 0.2) is 59.2 Å². The molecule has 1 aromatic heterocycles. The minimum absolute atomic E-state index is 0.651. The second-order valence-electron chi connectivity index (χ2n) is 4.04. The second kappa shape index (κ2) is 3.67. The van der Waals surface area contributed by atoms with Gasteiger partial charge in [0.15, 0.2) is 11.3 Å². The van der Waals surface area contributed by atoms with Crippen LogP contribution in [-0.4, -0.2) is 0 Å². The Bertz CT molecular complexity index is 707. The summed E-state index contributed by atoms with van der Waals surface area (Å²) in [5, 5.41) is 2.18. The van der Waals surface area contributed by atoms with Gasteiger partial charge >= 0.3 is 0 Å². The number of hydrogen-bond donors (Lipinski definition) is 0. The molecule has 3 rings (SSSR count). The third kappa shape index (κ3) is 1.58. The third-order valence-corrected chi connectivity index (χ3v) is 2.65. The van der Waals surface area contributed by atoms with Crippen LogP contribution in [0.1, 0.15) is 6.92 Å². The molecule has 1 heterocycles. The molecule has 0 radical (unpaired) electrons. The predicted octanol–water partition coefficient (Wildman–Crippen LogP) is 4.50. The maximum absolute atomic E-state index is 5.82. The number of fused-ring (bicyclic) bond motifs is 3. The summed E-state index contributed by atoms with van der Waals surface area (Å²) in [6.45, 7) is 5.57. The maximum Gasteiger partial charge on any atom is 0.177 e. The Morgan fingerprint density at radius 1 is 1.06 bits per heavy atom. The first-order valence-corrected chi connectivity index (χ1v) is 5.49.